The molecular weight excluding hydrogens is 340 g/mol. The molecule has 0 saturated carbocycles. The predicted molar refractivity (Wildman–Crippen MR) is 114 cm³/mol. The average molecular weight is 369 g/mol. The molecule has 28 heavy (non-hydrogen) atoms. The van der Waals surface area contributed by atoms with E-state index in [0.29, 0.717) is 23.9 Å². The maximum Gasteiger partial charge on any atom is 0.179 e. The molecule has 2 aliphatic heterocycles. The zero-order chi connectivity index (χ0) is 19.4. The van der Waals surface area contributed by atoms with Crippen LogP contribution in [0.4, 0.5) is 0 Å². The van der Waals surface area contributed by atoms with Gasteiger partial charge in [0.1, 0.15) is 0 Å². The van der Waals surface area contributed by atoms with Crippen molar-refractivity contribution in [3.8, 4) is 17.3 Å². The van der Waals surface area contributed by atoms with Gasteiger partial charge in [-0.15, -0.1) is 0 Å². The Balaban J connectivity index is 1.42. The molecule has 1 aliphatic carbocycles. The van der Waals surface area contributed by atoms with Gasteiger partial charge in [0.15, 0.2) is 6.19 Å². The van der Waals surface area contributed by atoms with Crippen LogP contribution in [-0.4, -0.2) is 17.0 Å². The number of nitrogens with zero attached hydrogens (tertiary/aromatic N) is 2. The second-order valence-corrected chi connectivity index (χ2v) is 9.05. The monoisotopic (exact) mass is 368 g/mol. The number of hydrogen-bond acceptors (Lipinski definition) is 2. The summed E-state index contributed by atoms with van der Waals surface area (Å²) in [6.45, 7) is 8.94. The minimum absolute atomic E-state index is 0.403. The van der Waals surface area contributed by atoms with E-state index in [0.717, 1.165) is 19.3 Å². The number of benzene rings is 2. The normalized spacial score (nSPS) is 27.7. The van der Waals surface area contributed by atoms with Crippen LogP contribution >= 0.6 is 0 Å². The van der Waals surface area contributed by atoms with Crippen LogP contribution in [0.15, 0.2) is 48.6 Å². The highest BCUT2D eigenvalue weighted by molar-refractivity contribution is 5.69. The van der Waals surface area contributed by atoms with E-state index in [-0.39, 0.29) is 0 Å². The quantitative estimate of drug-likeness (QED) is 0.499. The highest BCUT2D eigenvalue weighted by atomic mass is 15.2. The van der Waals surface area contributed by atoms with Crippen LogP contribution in [0.5, 0.6) is 0 Å². The molecule has 142 valence electrons. The van der Waals surface area contributed by atoms with Gasteiger partial charge >= 0.3 is 0 Å². The summed E-state index contributed by atoms with van der Waals surface area (Å²) < 4.78 is 0. The zero-order valence-electron chi connectivity index (χ0n) is 16.9. The summed E-state index contributed by atoms with van der Waals surface area (Å²) in [4.78, 5) is 2.06. The standard InChI is InChI=1S/C26H28N2/c1-16-4-5-17(2)24(12-16)20-7-10-23-19(13-20)6-9-22(23)18(3)25-14-21-8-11-26(25)28(21)15-27/h4-5,7,10,12-13,21-22,25-26H,3,6,8-9,11,14H2,1-2H3. The van der Waals surface area contributed by atoms with Crippen molar-refractivity contribution in [2.24, 2.45) is 5.92 Å². The van der Waals surface area contributed by atoms with Crippen LogP contribution in [0.3, 0.4) is 0 Å². The second-order valence-electron chi connectivity index (χ2n) is 9.05. The first-order chi connectivity index (χ1) is 13.6. The third-order valence-electron chi connectivity index (χ3n) is 7.50. The van der Waals surface area contributed by atoms with E-state index >= 15 is 0 Å². The molecule has 2 aromatic carbocycles. The van der Waals surface area contributed by atoms with Crippen LogP contribution in [-0.2, 0) is 6.42 Å². The Morgan fingerprint density at radius 2 is 1.96 bits per heavy atom. The first kappa shape index (κ1) is 17.6. The molecule has 0 N–H and O–H groups in total. The van der Waals surface area contributed by atoms with Gasteiger partial charge in [-0.05, 0) is 73.8 Å². The third-order valence-corrected chi connectivity index (χ3v) is 7.50. The highest BCUT2D eigenvalue weighted by Gasteiger charge is 2.48. The molecule has 0 spiro atoms. The molecule has 0 aromatic heterocycles. The Morgan fingerprint density at radius 1 is 1.11 bits per heavy atom. The van der Waals surface area contributed by atoms with Gasteiger partial charge in [-0.3, -0.25) is 0 Å². The first-order valence-electron chi connectivity index (χ1n) is 10.6. The maximum absolute atomic E-state index is 9.50. The molecule has 0 amide bonds. The molecule has 4 atom stereocenters. The van der Waals surface area contributed by atoms with Crippen LogP contribution in [0.1, 0.15) is 53.9 Å². The van der Waals surface area contributed by atoms with E-state index in [2.05, 4.69) is 67.9 Å². The van der Waals surface area contributed by atoms with Crippen molar-refractivity contribution in [2.45, 2.75) is 64.0 Å². The zero-order valence-corrected chi connectivity index (χ0v) is 16.9. The Labute approximate surface area is 168 Å². The molecule has 0 radical (unpaired) electrons. The predicted octanol–water partition coefficient (Wildman–Crippen LogP) is 5.89. The fraction of sp³-hybridized carbons (Fsp3) is 0.423. The number of rotatable bonds is 3. The smallest absolute Gasteiger partial charge is 0.179 e. The van der Waals surface area contributed by atoms with E-state index in [1.54, 1.807) is 0 Å². The molecule has 5 rings (SSSR count). The van der Waals surface area contributed by atoms with E-state index in [4.69, 9.17) is 0 Å². The lowest BCUT2D eigenvalue weighted by atomic mass is 9.77. The number of aryl methyl sites for hydroxylation is 3. The molecule has 2 aromatic rings. The van der Waals surface area contributed by atoms with E-state index in [9.17, 15) is 5.26 Å². The van der Waals surface area contributed by atoms with Gasteiger partial charge in [0.2, 0.25) is 0 Å². The molecule has 2 nitrogen and oxygen atoms in total. The van der Waals surface area contributed by atoms with E-state index in [1.807, 2.05) is 0 Å². The number of fused-ring (bicyclic) bond motifs is 3. The summed E-state index contributed by atoms with van der Waals surface area (Å²) in [6.07, 6.45) is 8.23. The summed E-state index contributed by atoms with van der Waals surface area (Å²) in [7, 11) is 0. The van der Waals surface area contributed by atoms with Gasteiger partial charge in [0.25, 0.3) is 0 Å². The molecule has 3 aliphatic rings. The lowest BCUT2D eigenvalue weighted by Gasteiger charge is -2.27. The highest BCUT2D eigenvalue weighted by Crippen LogP contribution is 2.50. The van der Waals surface area contributed by atoms with Crippen molar-refractivity contribution in [3.05, 3.63) is 70.8 Å². The first-order valence-corrected chi connectivity index (χ1v) is 10.6. The van der Waals surface area contributed by atoms with Gasteiger partial charge in [0.05, 0.1) is 0 Å². The van der Waals surface area contributed by atoms with E-state index in [1.165, 1.54) is 51.8 Å². The lowest BCUT2D eigenvalue weighted by molar-refractivity contribution is 0.349. The van der Waals surface area contributed by atoms with Crippen LogP contribution in [0.2, 0.25) is 0 Å². The summed E-state index contributed by atoms with van der Waals surface area (Å²) in [5.74, 6) is 0.959. The Morgan fingerprint density at radius 3 is 2.75 bits per heavy atom. The van der Waals surface area contributed by atoms with Crippen molar-refractivity contribution < 1.29 is 0 Å². The van der Waals surface area contributed by atoms with Gasteiger partial charge < -0.3 is 4.90 Å². The van der Waals surface area contributed by atoms with Gasteiger partial charge in [-0.1, -0.05) is 54.1 Å². The van der Waals surface area contributed by atoms with Crippen LogP contribution in [0, 0.1) is 31.2 Å². The summed E-state index contributed by atoms with van der Waals surface area (Å²) in [6, 6.07) is 14.6. The fourth-order valence-electron chi connectivity index (χ4n) is 6.02. The minimum Gasteiger partial charge on any atom is -0.304 e. The molecule has 2 saturated heterocycles. The number of hydrogen-bond donors (Lipinski definition) is 0. The largest absolute Gasteiger partial charge is 0.304 e. The third kappa shape index (κ3) is 2.60. The SMILES string of the molecule is C=C(C1CCc2cc(-c3cc(C)ccc3C)ccc21)C1CC2CCC1N2C#N. The van der Waals surface area contributed by atoms with Crippen molar-refractivity contribution in [1.82, 2.24) is 4.90 Å². The van der Waals surface area contributed by atoms with Crippen molar-refractivity contribution in [2.75, 3.05) is 0 Å². The summed E-state index contributed by atoms with van der Waals surface area (Å²) >= 11 is 0. The maximum atomic E-state index is 9.50. The van der Waals surface area contributed by atoms with E-state index < -0.39 is 0 Å². The second kappa shape index (κ2) is 6.52. The van der Waals surface area contributed by atoms with Crippen LogP contribution < -0.4 is 0 Å². The molecule has 2 heteroatoms. The Hall–Kier alpha value is -2.53. The minimum atomic E-state index is 0.403. The lowest BCUT2D eigenvalue weighted by Crippen LogP contribution is -2.27. The average Bonchev–Trinajstić information content (AvgIpc) is 3.40. The molecular formula is C26H28N2. The molecule has 2 bridgehead atoms. The summed E-state index contributed by atoms with van der Waals surface area (Å²) in [5.41, 5.74) is 9.68. The Kier molecular flexibility index (Phi) is 4.09. The van der Waals surface area contributed by atoms with Crippen LogP contribution in [0.25, 0.3) is 11.1 Å². The fourth-order valence-corrected chi connectivity index (χ4v) is 6.02. The van der Waals surface area contributed by atoms with Crippen molar-refractivity contribution in [3.63, 3.8) is 0 Å². The topological polar surface area (TPSA) is 27.0 Å². The summed E-state index contributed by atoms with van der Waals surface area (Å²) in [5, 5.41) is 9.50. The van der Waals surface area contributed by atoms with Gasteiger partial charge in [0, 0.05) is 23.9 Å². The van der Waals surface area contributed by atoms with Gasteiger partial charge in [-0.2, -0.15) is 5.26 Å². The molecule has 2 fully saturated rings. The number of nitriles is 1. The van der Waals surface area contributed by atoms with Crippen molar-refractivity contribution >= 4 is 0 Å². The van der Waals surface area contributed by atoms with Gasteiger partial charge in [-0.25, -0.2) is 0 Å². The van der Waals surface area contributed by atoms with Crippen molar-refractivity contribution in [1.29, 1.82) is 5.26 Å². The molecule has 4 unspecified atom stereocenters. The molecule has 2 heterocycles. The Bertz CT molecular complexity index is 996.